The third-order valence-electron chi connectivity index (χ3n) is 3.44. The molecule has 1 rings (SSSR count). The van der Waals surface area contributed by atoms with Crippen molar-refractivity contribution in [3.8, 4) is 0 Å². The molecule has 0 radical (unpaired) electrons. The molecule has 2 heteroatoms. The van der Waals surface area contributed by atoms with Gasteiger partial charge in [-0.25, -0.2) is 0 Å². The predicted molar refractivity (Wildman–Crippen MR) is 74.8 cm³/mol. The van der Waals surface area contributed by atoms with Crippen LogP contribution in [-0.2, 0) is 0 Å². The zero-order valence-corrected chi connectivity index (χ0v) is 11.9. The number of aryl methyl sites for hydroxylation is 3. The number of benzene rings is 1. The second kappa shape index (κ2) is 5.54. The highest BCUT2D eigenvalue weighted by Crippen LogP contribution is 2.28. The predicted octanol–water partition coefficient (Wildman–Crippen LogP) is 3.06. The van der Waals surface area contributed by atoms with Gasteiger partial charge in [0.25, 0.3) is 0 Å². The zero-order valence-electron chi connectivity index (χ0n) is 11.9. The number of hydrogen-bond donors (Lipinski definition) is 1. The van der Waals surface area contributed by atoms with Crippen LogP contribution in [0.25, 0.3) is 0 Å². The molecule has 1 aromatic rings. The van der Waals surface area contributed by atoms with Crippen molar-refractivity contribution in [3.63, 3.8) is 0 Å². The zero-order chi connectivity index (χ0) is 13.2. The van der Waals surface area contributed by atoms with E-state index in [9.17, 15) is 5.11 Å². The Bertz CT molecular complexity index is 362. The summed E-state index contributed by atoms with van der Waals surface area (Å²) in [6.07, 6.45) is 0. The molecule has 0 saturated heterocycles. The molecule has 96 valence electrons. The maximum atomic E-state index is 9.52. The summed E-state index contributed by atoms with van der Waals surface area (Å²) < 4.78 is 0. The van der Waals surface area contributed by atoms with E-state index in [4.69, 9.17) is 0 Å². The van der Waals surface area contributed by atoms with Crippen molar-refractivity contribution in [2.24, 2.45) is 5.92 Å². The Morgan fingerprint density at radius 1 is 1.12 bits per heavy atom. The molecule has 0 amide bonds. The lowest BCUT2D eigenvalue weighted by Crippen LogP contribution is -2.39. The number of aliphatic hydroxyl groups is 1. The number of nitrogens with zero attached hydrogens (tertiary/aromatic N) is 1. The first kappa shape index (κ1) is 14.0. The van der Waals surface area contributed by atoms with Crippen LogP contribution in [0.5, 0.6) is 0 Å². The topological polar surface area (TPSA) is 23.5 Å². The minimum Gasteiger partial charge on any atom is -0.394 e. The molecule has 1 N–H and O–H groups in total. The Hall–Kier alpha value is -1.02. The van der Waals surface area contributed by atoms with E-state index in [0.717, 1.165) is 0 Å². The first-order chi connectivity index (χ1) is 7.88. The van der Waals surface area contributed by atoms with Gasteiger partial charge in [-0.2, -0.15) is 0 Å². The van der Waals surface area contributed by atoms with Gasteiger partial charge in [-0.1, -0.05) is 31.5 Å². The molecule has 0 fully saturated rings. The largest absolute Gasteiger partial charge is 0.394 e. The summed E-state index contributed by atoms with van der Waals surface area (Å²) >= 11 is 0. The van der Waals surface area contributed by atoms with E-state index in [-0.39, 0.29) is 12.6 Å². The Morgan fingerprint density at radius 3 is 1.94 bits per heavy atom. The van der Waals surface area contributed by atoms with Crippen LogP contribution in [0.3, 0.4) is 0 Å². The Morgan fingerprint density at radius 2 is 1.59 bits per heavy atom. The van der Waals surface area contributed by atoms with Crippen molar-refractivity contribution < 1.29 is 5.11 Å². The molecule has 0 aliphatic carbocycles. The summed E-state index contributed by atoms with van der Waals surface area (Å²) in [5.74, 6) is 0.435. The average molecular weight is 235 g/mol. The smallest absolute Gasteiger partial charge is 0.0637 e. The minimum absolute atomic E-state index is 0.176. The number of likely N-dealkylation sites (N-methyl/N-ethyl adjacent to an activating group) is 1. The molecule has 0 aromatic heterocycles. The second-order valence-electron chi connectivity index (χ2n) is 5.35. The molecule has 0 bridgehead atoms. The molecule has 0 aliphatic heterocycles. The molecule has 0 saturated carbocycles. The molecule has 0 aliphatic rings. The summed E-state index contributed by atoms with van der Waals surface area (Å²) in [6, 6.07) is 4.58. The maximum absolute atomic E-state index is 9.52. The summed E-state index contributed by atoms with van der Waals surface area (Å²) in [4.78, 5) is 2.22. The maximum Gasteiger partial charge on any atom is 0.0637 e. The van der Waals surface area contributed by atoms with Gasteiger partial charge < -0.3 is 10.0 Å². The van der Waals surface area contributed by atoms with E-state index in [2.05, 4.69) is 58.7 Å². The van der Waals surface area contributed by atoms with Crippen molar-refractivity contribution in [3.05, 3.63) is 28.8 Å². The highest BCUT2D eigenvalue weighted by molar-refractivity contribution is 5.60. The van der Waals surface area contributed by atoms with Crippen LogP contribution in [0.4, 0.5) is 5.69 Å². The molecule has 2 nitrogen and oxygen atoms in total. The fourth-order valence-corrected chi connectivity index (χ4v) is 2.68. The second-order valence-corrected chi connectivity index (χ2v) is 5.35. The average Bonchev–Trinajstić information content (AvgIpc) is 2.15. The molecular formula is C15H25NO. The summed E-state index contributed by atoms with van der Waals surface area (Å²) in [5, 5.41) is 9.52. The third kappa shape index (κ3) is 3.01. The number of hydrogen-bond acceptors (Lipinski definition) is 2. The van der Waals surface area contributed by atoms with Gasteiger partial charge in [0.15, 0.2) is 0 Å². The summed E-state index contributed by atoms with van der Waals surface area (Å²) in [6.45, 7) is 10.9. The molecular weight excluding hydrogens is 210 g/mol. The molecule has 0 spiro atoms. The van der Waals surface area contributed by atoms with Gasteiger partial charge in [0.1, 0.15) is 0 Å². The molecule has 1 atom stereocenters. The fourth-order valence-electron chi connectivity index (χ4n) is 2.68. The third-order valence-corrected chi connectivity index (χ3v) is 3.44. The number of rotatable bonds is 4. The van der Waals surface area contributed by atoms with E-state index in [0.29, 0.717) is 5.92 Å². The van der Waals surface area contributed by atoms with Crippen LogP contribution < -0.4 is 4.90 Å². The SMILES string of the molecule is Cc1cc(C)c(N(C)C(CO)C(C)C)c(C)c1. The highest BCUT2D eigenvalue weighted by atomic mass is 16.3. The Kier molecular flexibility index (Phi) is 4.58. The van der Waals surface area contributed by atoms with E-state index in [1.807, 2.05) is 0 Å². The van der Waals surface area contributed by atoms with Crippen LogP contribution in [-0.4, -0.2) is 24.8 Å². The van der Waals surface area contributed by atoms with Crippen molar-refractivity contribution in [1.29, 1.82) is 0 Å². The van der Waals surface area contributed by atoms with Gasteiger partial charge in [0.05, 0.1) is 12.6 Å². The van der Waals surface area contributed by atoms with Crippen LogP contribution in [0, 0.1) is 26.7 Å². The van der Waals surface area contributed by atoms with Crippen LogP contribution >= 0.6 is 0 Å². The Balaban J connectivity index is 3.15. The molecule has 1 aromatic carbocycles. The lowest BCUT2D eigenvalue weighted by atomic mass is 9.99. The van der Waals surface area contributed by atoms with Gasteiger partial charge in [-0.15, -0.1) is 0 Å². The van der Waals surface area contributed by atoms with Gasteiger partial charge in [-0.3, -0.25) is 0 Å². The van der Waals surface area contributed by atoms with E-state index < -0.39 is 0 Å². The molecule has 1 unspecified atom stereocenters. The summed E-state index contributed by atoms with van der Waals surface area (Å²) in [5.41, 5.74) is 5.11. The number of anilines is 1. The lowest BCUT2D eigenvalue weighted by Gasteiger charge is -2.34. The van der Waals surface area contributed by atoms with Crippen LogP contribution in [0.15, 0.2) is 12.1 Å². The highest BCUT2D eigenvalue weighted by Gasteiger charge is 2.20. The first-order valence-electron chi connectivity index (χ1n) is 6.30. The van der Waals surface area contributed by atoms with Crippen LogP contribution in [0.1, 0.15) is 30.5 Å². The van der Waals surface area contributed by atoms with Crippen molar-refractivity contribution in [2.75, 3.05) is 18.6 Å². The standard InChI is InChI=1S/C15H25NO/c1-10(2)14(9-17)16(6)15-12(4)7-11(3)8-13(15)5/h7-8,10,14,17H,9H2,1-6H3. The van der Waals surface area contributed by atoms with Gasteiger partial charge in [0, 0.05) is 12.7 Å². The molecule has 17 heavy (non-hydrogen) atoms. The Labute approximate surface area is 105 Å². The van der Waals surface area contributed by atoms with Crippen molar-refractivity contribution in [2.45, 2.75) is 40.7 Å². The fraction of sp³-hybridized carbons (Fsp3) is 0.600. The molecule has 0 heterocycles. The monoisotopic (exact) mass is 235 g/mol. The van der Waals surface area contributed by atoms with E-state index in [1.54, 1.807) is 0 Å². The number of aliphatic hydroxyl groups excluding tert-OH is 1. The van der Waals surface area contributed by atoms with Gasteiger partial charge >= 0.3 is 0 Å². The van der Waals surface area contributed by atoms with Crippen LogP contribution in [0.2, 0.25) is 0 Å². The first-order valence-corrected chi connectivity index (χ1v) is 6.30. The normalized spacial score (nSPS) is 12.9. The van der Waals surface area contributed by atoms with Gasteiger partial charge in [0.2, 0.25) is 0 Å². The van der Waals surface area contributed by atoms with Crippen molar-refractivity contribution >= 4 is 5.69 Å². The van der Waals surface area contributed by atoms with E-state index in [1.165, 1.54) is 22.4 Å². The lowest BCUT2D eigenvalue weighted by molar-refractivity contribution is 0.234. The summed E-state index contributed by atoms with van der Waals surface area (Å²) in [7, 11) is 2.07. The minimum atomic E-state index is 0.176. The quantitative estimate of drug-likeness (QED) is 0.867. The van der Waals surface area contributed by atoms with E-state index >= 15 is 0 Å². The van der Waals surface area contributed by atoms with Gasteiger partial charge in [-0.05, 0) is 37.8 Å². The van der Waals surface area contributed by atoms with Crippen molar-refractivity contribution in [1.82, 2.24) is 0 Å².